The zero-order valence-corrected chi connectivity index (χ0v) is 9.10. The molecule has 1 heterocycles. The highest BCUT2D eigenvalue weighted by Gasteiger charge is 2.20. The Kier molecular flexibility index (Phi) is 2.99. The van der Waals surface area contributed by atoms with Gasteiger partial charge in [-0.3, -0.25) is 0 Å². The number of phenolic OH excluding ortho intramolecular Hbond substituents is 1. The van der Waals surface area contributed by atoms with Crippen molar-refractivity contribution >= 4 is 6.29 Å². The fourth-order valence-electron chi connectivity index (χ4n) is 1.80. The van der Waals surface area contributed by atoms with Gasteiger partial charge in [-0.25, -0.2) is 0 Å². The lowest BCUT2D eigenvalue weighted by Gasteiger charge is -2.23. The molecule has 1 aromatic carbocycles. The Bertz CT molecular complexity index is 400. The van der Waals surface area contributed by atoms with Crippen LogP contribution in [-0.2, 0) is 4.79 Å². The lowest BCUT2D eigenvalue weighted by Crippen LogP contribution is -2.17. The SMILES string of the molecule is CC(CC=O)c1cc(O)cc2c1OCCO2. The molecule has 1 atom stereocenters. The van der Waals surface area contributed by atoms with Gasteiger partial charge in [0.25, 0.3) is 0 Å². The van der Waals surface area contributed by atoms with Crippen LogP contribution in [0.15, 0.2) is 12.1 Å². The summed E-state index contributed by atoms with van der Waals surface area (Å²) in [6.07, 6.45) is 1.27. The highest BCUT2D eigenvalue weighted by Crippen LogP contribution is 2.41. The van der Waals surface area contributed by atoms with E-state index in [0.29, 0.717) is 31.1 Å². The molecule has 1 aliphatic heterocycles. The predicted molar refractivity (Wildman–Crippen MR) is 58.2 cm³/mol. The van der Waals surface area contributed by atoms with Crippen LogP contribution in [0.2, 0.25) is 0 Å². The zero-order valence-electron chi connectivity index (χ0n) is 9.10. The molecule has 0 amide bonds. The van der Waals surface area contributed by atoms with E-state index < -0.39 is 0 Å². The smallest absolute Gasteiger partial charge is 0.165 e. The number of ether oxygens (including phenoxy) is 2. The van der Waals surface area contributed by atoms with Crippen molar-refractivity contribution in [1.29, 1.82) is 0 Å². The van der Waals surface area contributed by atoms with E-state index in [2.05, 4.69) is 0 Å². The van der Waals surface area contributed by atoms with E-state index >= 15 is 0 Å². The normalized spacial score (nSPS) is 15.6. The van der Waals surface area contributed by atoms with Crippen molar-refractivity contribution in [2.24, 2.45) is 0 Å². The number of aromatic hydroxyl groups is 1. The molecule has 1 aromatic rings. The molecule has 0 aromatic heterocycles. The average molecular weight is 222 g/mol. The van der Waals surface area contributed by atoms with E-state index in [-0.39, 0.29) is 11.7 Å². The van der Waals surface area contributed by atoms with Crippen molar-refractivity contribution in [1.82, 2.24) is 0 Å². The number of carbonyl (C=O) groups is 1. The molecule has 1 N–H and O–H groups in total. The van der Waals surface area contributed by atoms with E-state index in [1.54, 1.807) is 6.07 Å². The molecule has 0 saturated heterocycles. The van der Waals surface area contributed by atoms with E-state index in [4.69, 9.17) is 9.47 Å². The van der Waals surface area contributed by atoms with Crippen molar-refractivity contribution < 1.29 is 19.4 Å². The number of rotatable bonds is 3. The highest BCUT2D eigenvalue weighted by molar-refractivity contribution is 5.57. The fraction of sp³-hybridized carbons (Fsp3) is 0.417. The van der Waals surface area contributed by atoms with Crippen LogP contribution in [0.5, 0.6) is 17.2 Å². The number of aldehydes is 1. The summed E-state index contributed by atoms with van der Waals surface area (Å²) in [4.78, 5) is 10.5. The highest BCUT2D eigenvalue weighted by atomic mass is 16.6. The number of fused-ring (bicyclic) bond motifs is 1. The van der Waals surface area contributed by atoms with E-state index in [1.807, 2.05) is 6.92 Å². The summed E-state index contributed by atoms with van der Waals surface area (Å²) in [6.45, 7) is 2.90. The first-order valence-electron chi connectivity index (χ1n) is 5.28. The molecule has 0 bridgehead atoms. The van der Waals surface area contributed by atoms with E-state index in [9.17, 15) is 9.90 Å². The van der Waals surface area contributed by atoms with Crippen LogP contribution in [0.25, 0.3) is 0 Å². The van der Waals surface area contributed by atoms with Crippen molar-refractivity contribution in [3.63, 3.8) is 0 Å². The first-order chi connectivity index (χ1) is 7.72. The predicted octanol–water partition coefficient (Wildman–Crippen LogP) is 1.86. The minimum atomic E-state index is 0.0139. The largest absolute Gasteiger partial charge is 0.508 e. The van der Waals surface area contributed by atoms with Gasteiger partial charge in [-0.2, -0.15) is 0 Å². The zero-order chi connectivity index (χ0) is 11.5. The number of hydrogen-bond acceptors (Lipinski definition) is 4. The maximum Gasteiger partial charge on any atom is 0.165 e. The summed E-state index contributed by atoms with van der Waals surface area (Å²) in [5.74, 6) is 1.36. The molecule has 1 aliphatic rings. The molecule has 4 heteroatoms. The van der Waals surface area contributed by atoms with Crippen LogP contribution in [0.4, 0.5) is 0 Å². The van der Waals surface area contributed by atoms with Gasteiger partial charge < -0.3 is 19.4 Å². The summed E-state index contributed by atoms with van der Waals surface area (Å²) in [7, 11) is 0. The molecule has 86 valence electrons. The van der Waals surface area contributed by atoms with Gasteiger partial charge in [0.1, 0.15) is 25.2 Å². The molecule has 0 radical (unpaired) electrons. The van der Waals surface area contributed by atoms with E-state index in [1.165, 1.54) is 6.07 Å². The summed E-state index contributed by atoms with van der Waals surface area (Å²) in [5, 5.41) is 9.56. The molecular formula is C12H14O4. The Morgan fingerprint density at radius 3 is 2.94 bits per heavy atom. The summed E-state index contributed by atoms with van der Waals surface area (Å²) >= 11 is 0. The molecular weight excluding hydrogens is 208 g/mol. The van der Waals surface area contributed by atoms with Gasteiger partial charge in [0, 0.05) is 18.1 Å². The maximum atomic E-state index is 10.5. The number of hydrogen-bond donors (Lipinski definition) is 1. The molecule has 0 fully saturated rings. The minimum absolute atomic E-state index is 0.0139. The third kappa shape index (κ3) is 1.96. The molecule has 0 aliphatic carbocycles. The summed E-state index contributed by atoms with van der Waals surface area (Å²) in [5.41, 5.74) is 0.821. The minimum Gasteiger partial charge on any atom is -0.508 e. The third-order valence-corrected chi connectivity index (χ3v) is 2.64. The summed E-state index contributed by atoms with van der Waals surface area (Å²) in [6, 6.07) is 3.16. The monoisotopic (exact) mass is 222 g/mol. The van der Waals surface area contributed by atoms with Crippen molar-refractivity contribution in [3.05, 3.63) is 17.7 Å². The van der Waals surface area contributed by atoms with Crippen LogP contribution >= 0.6 is 0 Å². The first-order valence-corrected chi connectivity index (χ1v) is 5.28. The number of carbonyl (C=O) groups excluding carboxylic acids is 1. The van der Waals surface area contributed by atoms with Crippen LogP contribution in [0.1, 0.15) is 24.8 Å². The summed E-state index contributed by atoms with van der Waals surface area (Å²) < 4.78 is 10.9. The second kappa shape index (κ2) is 4.43. The standard InChI is InChI=1S/C12H14O4/c1-8(2-3-13)10-6-9(14)7-11-12(10)16-5-4-15-11/h3,6-8,14H,2,4-5H2,1H3. The van der Waals surface area contributed by atoms with Gasteiger partial charge in [0.05, 0.1) is 0 Å². The Morgan fingerprint density at radius 1 is 1.44 bits per heavy atom. The van der Waals surface area contributed by atoms with Crippen LogP contribution < -0.4 is 9.47 Å². The molecule has 1 unspecified atom stereocenters. The molecule has 0 saturated carbocycles. The lowest BCUT2D eigenvalue weighted by molar-refractivity contribution is -0.108. The molecule has 16 heavy (non-hydrogen) atoms. The second-order valence-corrected chi connectivity index (χ2v) is 3.86. The van der Waals surface area contributed by atoms with Crippen LogP contribution in [-0.4, -0.2) is 24.6 Å². The van der Waals surface area contributed by atoms with Gasteiger partial charge >= 0.3 is 0 Å². The van der Waals surface area contributed by atoms with Gasteiger partial charge in [-0.15, -0.1) is 0 Å². The maximum absolute atomic E-state index is 10.5. The number of benzene rings is 1. The molecule has 4 nitrogen and oxygen atoms in total. The van der Waals surface area contributed by atoms with Crippen molar-refractivity contribution in [3.8, 4) is 17.2 Å². The topological polar surface area (TPSA) is 55.8 Å². The Hall–Kier alpha value is -1.71. The number of phenols is 1. The third-order valence-electron chi connectivity index (χ3n) is 2.64. The Balaban J connectivity index is 2.42. The first kappa shape index (κ1) is 10.8. The quantitative estimate of drug-likeness (QED) is 0.793. The van der Waals surface area contributed by atoms with Crippen LogP contribution in [0.3, 0.4) is 0 Å². The van der Waals surface area contributed by atoms with Gasteiger partial charge in [0.15, 0.2) is 11.5 Å². The van der Waals surface area contributed by atoms with Crippen LogP contribution in [0, 0.1) is 0 Å². The lowest BCUT2D eigenvalue weighted by atomic mass is 9.96. The van der Waals surface area contributed by atoms with Crippen molar-refractivity contribution in [2.45, 2.75) is 19.3 Å². The fourth-order valence-corrected chi connectivity index (χ4v) is 1.80. The van der Waals surface area contributed by atoms with E-state index in [0.717, 1.165) is 11.8 Å². The Morgan fingerprint density at radius 2 is 2.19 bits per heavy atom. The van der Waals surface area contributed by atoms with Gasteiger partial charge in [-0.05, 0) is 12.0 Å². The molecule has 0 spiro atoms. The van der Waals surface area contributed by atoms with Gasteiger partial charge in [-0.1, -0.05) is 6.92 Å². The van der Waals surface area contributed by atoms with Crippen molar-refractivity contribution in [2.75, 3.05) is 13.2 Å². The second-order valence-electron chi connectivity index (χ2n) is 3.86. The molecule has 2 rings (SSSR count). The van der Waals surface area contributed by atoms with Gasteiger partial charge in [0.2, 0.25) is 0 Å². The average Bonchev–Trinajstić information content (AvgIpc) is 2.28. The Labute approximate surface area is 93.8 Å².